The van der Waals surface area contributed by atoms with E-state index >= 15 is 0 Å². The fraction of sp³-hybridized carbons (Fsp3) is 0.586. The van der Waals surface area contributed by atoms with Crippen LogP contribution in [0.25, 0.3) is 0 Å². The van der Waals surface area contributed by atoms with Crippen LogP contribution in [0.15, 0.2) is 23.0 Å². The highest BCUT2D eigenvalue weighted by Gasteiger charge is 2.28. The SMILES string of the molecule is CCN(c1cc(Cl)cc(C(=O)NCc2c(N3CCCC3)[nH]c(C)cc2=O)c1C)C1CCC(N(C)C)CC1. The number of rotatable bonds is 8. The molecule has 1 saturated heterocycles. The van der Waals surface area contributed by atoms with Crippen LogP contribution >= 0.6 is 11.6 Å². The summed E-state index contributed by atoms with van der Waals surface area (Å²) in [5.74, 6) is 0.623. The number of aromatic nitrogens is 1. The number of nitrogens with zero attached hydrogens (tertiary/aromatic N) is 3. The van der Waals surface area contributed by atoms with Gasteiger partial charge in [0.2, 0.25) is 0 Å². The second kappa shape index (κ2) is 11.9. The Labute approximate surface area is 226 Å². The molecule has 1 saturated carbocycles. The highest BCUT2D eigenvalue weighted by atomic mass is 35.5. The first-order chi connectivity index (χ1) is 17.7. The van der Waals surface area contributed by atoms with E-state index < -0.39 is 0 Å². The minimum atomic E-state index is -0.207. The second-order valence-corrected chi connectivity index (χ2v) is 11.3. The van der Waals surface area contributed by atoms with Crippen LogP contribution in [-0.2, 0) is 6.54 Å². The zero-order chi connectivity index (χ0) is 26.7. The van der Waals surface area contributed by atoms with Gasteiger partial charge in [0.25, 0.3) is 5.91 Å². The summed E-state index contributed by atoms with van der Waals surface area (Å²) < 4.78 is 0. The summed E-state index contributed by atoms with van der Waals surface area (Å²) >= 11 is 6.57. The van der Waals surface area contributed by atoms with Crippen molar-refractivity contribution in [3.63, 3.8) is 0 Å². The lowest BCUT2D eigenvalue weighted by atomic mass is 9.89. The smallest absolute Gasteiger partial charge is 0.251 e. The number of carbonyl (C=O) groups excluding carboxylic acids is 1. The van der Waals surface area contributed by atoms with E-state index in [0.29, 0.717) is 28.2 Å². The summed E-state index contributed by atoms with van der Waals surface area (Å²) in [4.78, 5) is 36.6. The molecule has 1 aromatic heterocycles. The van der Waals surface area contributed by atoms with Crippen LogP contribution < -0.4 is 20.5 Å². The first-order valence-electron chi connectivity index (χ1n) is 13.7. The summed E-state index contributed by atoms with van der Waals surface area (Å²) in [6, 6.07) is 6.41. The second-order valence-electron chi connectivity index (χ2n) is 10.8. The zero-order valence-electron chi connectivity index (χ0n) is 23.0. The number of nitrogens with one attached hydrogen (secondary N) is 2. The highest BCUT2D eigenvalue weighted by Crippen LogP contribution is 2.34. The van der Waals surface area contributed by atoms with Crippen molar-refractivity contribution in [1.29, 1.82) is 0 Å². The van der Waals surface area contributed by atoms with Crippen molar-refractivity contribution in [2.75, 3.05) is 43.5 Å². The molecule has 8 heteroatoms. The number of benzene rings is 1. The van der Waals surface area contributed by atoms with E-state index in [1.165, 1.54) is 12.8 Å². The highest BCUT2D eigenvalue weighted by molar-refractivity contribution is 6.31. The van der Waals surface area contributed by atoms with Gasteiger partial charge in [-0.3, -0.25) is 9.59 Å². The van der Waals surface area contributed by atoms with Gasteiger partial charge < -0.3 is 25.0 Å². The monoisotopic (exact) mass is 527 g/mol. The summed E-state index contributed by atoms with van der Waals surface area (Å²) in [7, 11) is 4.32. The molecule has 0 unspecified atom stereocenters. The first-order valence-corrected chi connectivity index (χ1v) is 14.1. The predicted octanol–water partition coefficient (Wildman–Crippen LogP) is 4.87. The lowest BCUT2D eigenvalue weighted by Crippen LogP contribution is -2.42. The number of aryl methyl sites for hydroxylation is 1. The molecule has 7 nitrogen and oxygen atoms in total. The van der Waals surface area contributed by atoms with Crippen molar-refractivity contribution in [1.82, 2.24) is 15.2 Å². The quantitative estimate of drug-likeness (QED) is 0.512. The van der Waals surface area contributed by atoms with Crippen LogP contribution in [0.1, 0.15) is 72.6 Å². The molecular formula is C29H42ClN5O2. The maximum absolute atomic E-state index is 13.4. The Morgan fingerprint density at radius 3 is 2.35 bits per heavy atom. The maximum atomic E-state index is 13.4. The average molecular weight is 528 g/mol. The molecule has 2 fully saturated rings. The standard InChI is InChI=1S/C29H42ClN5O2/c1-6-35(23-11-9-22(10-12-23)33(4)5)26-17-21(30)16-24(20(26)3)29(37)31-18-25-27(36)15-19(2)32-28(25)34-13-7-8-14-34/h15-17,22-23H,6-14,18H2,1-5H3,(H,31,37)(H,32,36). The fourth-order valence-electron chi connectivity index (χ4n) is 6.05. The van der Waals surface area contributed by atoms with Crippen molar-refractivity contribution in [3.8, 4) is 0 Å². The molecule has 2 heterocycles. The lowest BCUT2D eigenvalue weighted by Gasteiger charge is -2.40. The Kier molecular flexibility index (Phi) is 8.86. The van der Waals surface area contributed by atoms with Gasteiger partial charge in [-0.2, -0.15) is 0 Å². The summed E-state index contributed by atoms with van der Waals surface area (Å²) in [5, 5.41) is 3.57. The molecule has 37 heavy (non-hydrogen) atoms. The molecule has 1 amide bonds. The zero-order valence-corrected chi connectivity index (χ0v) is 23.7. The van der Waals surface area contributed by atoms with Crippen molar-refractivity contribution in [3.05, 3.63) is 55.8 Å². The third-order valence-electron chi connectivity index (χ3n) is 8.17. The van der Waals surface area contributed by atoms with Crippen molar-refractivity contribution in [2.24, 2.45) is 0 Å². The first kappa shape index (κ1) is 27.5. The van der Waals surface area contributed by atoms with E-state index in [4.69, 9.17) is 11.6 Å². The molecule has 4 rings (SSSR count). The number of H-pyrrole nitrogens is 1. The van der Waals surface area contributed by atoms with Gasteiger partial charge in [0, 0.05) is 59.8 Å². The molecule has 1 aromatic carbocycles. The van der Waals surface area contributed by atoms with Gasteiger partial charge in [0.1, 0.15) is 5.82 Å². The number of carbonyl (C=O) groups is 1. The molecule has 0 spiro atoms. The minimum Gasteiger partial charge on any atom is -0.369 e. The van der Waals surface area contributed by atoms with Crippen LogP contribution in [0.5, 0.6) is 0 Å². The van der Waals surface area contributed by atoms with Gasteiger partial charge in [0.15, 0.2) is 5.43 Å². The normalized spacial score (nSPS) is 19.9. The molecule has 2 N–H and O–H groups in total. The maximum Gasteiger partial charge on any atom is 0.251 e. The fourth-order valence-corrected chi connectivity index (χ4v) is 6.27. The van der Waals surface area contributed by atoms with E-state index in [2.05, 4.69) is 46.0 Å². The van der Waals surface area contributed by atoms with Gasteiger partial charge in [-0.05, 0) is 91.1 Å². The van der Waals surface area contributed by atoms with Crippen LogP contribution in [-0.4, -0.2) is 61.6 Å². The number of amides is 1. The Morgan fingerprint density at radius 1 is 1.08 bits per heavy atom. The Morgan fingerprint density at radius 2 is 1.73 bits per heavy atom. The van der Waals surface area contributed by atoms with Gasteiger partial charge in [-0.1, -0.05) is 11.6 Å². The third-order valence-corrected chi connectivity index (χ3v) is 8.39. The third kappa shape index (κ3) is 6.15. The summed E-state index contributed by atoms with van der Waals surface area (Å²) in [5.41, 5.74) is 3.90. The van der Waals surface area contributed by atoms with E-state index in [9.17, 15) is 9.59 Å². The number of aromatic amines is 1. The van der Waals surface area contributed by atoms with Gasteiger partial charge in [-0.25, -0.2) is 0 Å². The van der Waals surface area contributed by atoms with Crippen molar-refractivity contribution < 1.29 is 4.79 Å². The molecule has 202 valence electrons. The van der Waals surface area contributed by atoms with E-state index in [1.807, 2.05) is 19.9 Å². The number of hydrogen-bond acceptors (Lipinski definition) is 5. The van der Waals surface area contributed by atoms with Gasteiger partial charge >= 0.3 is 0 Å². The predicted molar refractivity (Wildman–Crippen MR) is 153 cm³/mol. The van der Waals surface area contributed by atoms with E-state index in [1.54, 1.807) is 12.1 Å². The molecule has 0 radical (unpaired) electrons. The van der Waals surface area contributed by atoms with E-state index in [0.717, 1.165) is 68.1 Å². The number of hydrogen-bond donors (Lipinski definition) is 2. The van der Waals surface area contributed by atoms with Gasteiger partial charge in [-0.15, -0.1) is 0 Å². The Hall–Kier alpha value is -2.51. The van der Waals surface area contributed by atoms with Crippen molar-refractivity contribution >= 4 is 29.0 Å². The molecule has 0 atom stereocenters. The molecular weight excluding hydrogens is 486 g/mol. The van der Waals surface area contributed by atoms with E-state index in [-0.39, 0.29) is 17.9 Å². The van der Waals surface area contributed by atoms with Crippen LogP contribution in [0.2, 0.25) is 5.02 Å². The largest absolute Gasteiger partial charge is 0.369 e. The summed E-state index contributed by atoms with van der Waals surface area (Å²) in [6.07, 6.45) is 6.81. The molecule has 1 aliphatic carbocycles. The van der Waals surface area contributed by atoms with Crippen LogP contribution in [0.4, 0.5) is 11.5 Å². The Bertz CT molecular complexity index is 1160. The molecule has 2 aliphatic rings. The van der Waals surface area contributed by atoms with Crippen LogP contribution in [0.3, 0.4) is 0 Å². The van der Waals surface area contributed by atoms with Gasteiger partial charge in [0.05, 0.1) is 12.1 Å². The lowest BCUT2D eigenvalue weighted by molar-refractivity contribution is 0.0950. The summed E-state index contributed by atoms with van der Waals surface area (Å²) in [6.45, 7) is 8.93. The number of halogens is 1. The number of pyridine rings is 1. The average Bonchev–Trinajstić information content (AvgIpc) is 3.40. The minimum absolute atomic E-state index is 0.0487. The van der Waals surface area contributed by atoms with Crippen molar-refractivity contribution in [2.45, 2.75) is 77.9 Å². The molecule has 0 bridgehead atoms. The molecule has 1 aliphatic heterocycles. The molecule has 2 aromatic rings. The topological polar surface area (TPSA) is 71.7 Å². The Balaban J connectivity index is 1.55. The number of anilines is 2. The van der Waals surface area contributed by atoms with Crippen LogP contribution in [0, 0.1) is 13.8 Å².